The Morgan fingerprint density at radius 1 is 1.10 bits per heavy atom. The lowest BCUT2D eigenvalue weighted by atomic mass is 10.2. The second-order valence-electron chi connectivity index (χ2n) is 7.28. The molecule has 0 aliphatic heterocycles. The van der Waals surface area contributed by atoms with Gasteiger partial charge in [-0.1, -0.05) is 43.7 Å². The first-order valence-electron chi connectivity index (χ1n) is 10.1. The molecule has 2 aromatic carbocycles. The van der Waals surface area contributed by atoms with E-state index in [1.54, 1.807) is 12.1 Å². The number of hydrogen-bond acceptors (Lipinski definition) is 1. The smallest absolute Gasteiger partial charge is 0.322 e. The van der Waals surface area contributed by atoms with Crippen molar-refractivity contribution in [3.05, 3.63) is 89.5 Å². The Hall–Kier alpha value is -3.08. The van der Waals surface area contributed by atoms with Crippen LogP contribution in [-0.2, 0) is 13.1 Å². The number of rotatable bonds is 8. The Morgan fingerprint density at radius 3 is 2.69 bits per heavy atom. The molecule has 0 unspecified atom stereocenters. The molecule has 1 aromatic heterocycles. The Bertz CT molecular complexity index is 951. The molecule has 0 aliphatic carbocycles. The molecule has 0 atom stereocenters. The van der Waals surface area contributed by atoms with Gasteiger partial charge >= 0.3 is 6.03 Å². The van der Waals surface area contributed by atoms with Crippen LogP contribution in [0.15, 0.2) is 66.9 Å². The molecule has 29 heavy (non-hydrogen) atoms. The Labute approximate surface area is 172 Å². The van der Waals surface area contributed by atoms with E-state index in [1.165, 1.54) is 6.07 Å². The van der Waals surface area contributed by atoms with Crippen molar-refractivity contribution in [1.82, 2.24) is 9.47 Å². The number of nitrogens with one attached hydrogen (secondary N) is 1. The molecular weight excluding hydrogens is 365 g/mol. The lowest BCUT2D eigenvalue weighted by Crippen LogP contribution is -2.36. The van der Waals surface area contributed by atoms with Crippen LogP contribution in [0.4, 0.5) is 14.9 Å². The molecule has 1 heterocycles. The van der Waals surface area contributed by atoms with Crippen molar-refractivity contribution >= 4 is 11.7 Å². The summed E-state index contributed by atoms with van der Waals surface area (Å²) in [6.07, 6.45) is 3.92. The summed E-state index contributed by atoms with van der Waals surface area (Å²) in [5.74, 6) is -0.238. The van der Waals surface area contributed by atoms with Crippen LogP contribution in [0.1, 0.15) is 36.6 Å². The summed E-state index contributed by atoms with van der Waals surface area (Å²) in [4.78, 5) is 14.8. The van der Waals surface area contributed by atoms with Gasteiger partial charge in [0.25, 0.3) is 0 Å². The van der Waals surface area contributed by atoms with Crippen molar-refractivity contribution in [2.45, 2.75) is 39.8 Å². The standard InChI is InChI=1S/C24H28FN3O/c1-3-4-14-28(24(29)26-23-13-6-5-9-19(23)2)18-22-12-8-15-27(22)17-20-10-7-11-21(25)16-20/h5-13,15-16H,3-4,14,17-18H2,1-2H3,(H,26,29). The van der Waals surface area contributed by atoms with Gasteiger partial charge in [-0.15, -0.1) is 0 Å². The Kier molecular flexibility index (Phi) is 7.06. The van der Waals surface area contributed by atoms with Gasteiger partial charge in [-0.2, -0.15) is 0 Å². The van der Waals surface area contributed by atoms with Gasteiger partial charge in [0.2, 0.25) is 0 Å². The summed E-state index contributed by atoms with van der Waals surface area (Å²) in [7, 11) is 0. The van der Waals surface area contributed by atoms with E-state index < -0.39 is 0 Å². The van der Waals surface area contributed by atoms with Crippen molar-refractivity contribution in [3.63, 3.8) is 0 Å². The van der Waals surface area contributed by atoms with Crippen molar-refractivity contribution in [1.29, 1.82) is 0 Å². The highest BCUT2D eigenvalue weighted by Crippen LogP contribution is 2.16. The number of carbonyl (C=O) groups excluding carboxylic acids is 1. The molecule has 3 aromatic rings. The predicted octanol–water partition coefficient (Wildman–Crippen LogP) is 5.82. The zero-order valence-corrected chi connectivity index (χ0v) is 17.1. The van der Waals surface area contributed by atoms with Gasteiger partial charge in [0.05, 0.1) is 6.54 Å². The van der Waals surface area contributed by atoms with E-state index in [0.29, 0.717) is 19.6 Å². The molecule has 0 saturated carbocycles. The molecule has 3 rings (SSSR count). The van der Waals surface area contributed by atoms with E-state index in [0.717, 1.165) is 35.3 Å². The number of unbranched alkanes of at least 4 members (excludes halogenated alkanes) is 1. The van der Waals surface area contributed by atoms with Crippen LogP contribution in [0.25, 0.3) is 0 Å². The highest BCUT2D eigenvalue weighted by atomic mass is 19.1. The normalized spacial score (nSPS) is 10.7. The number of urea groups is 1. The summed E-state index contributed by atoms with van der Waals surface area (Å²) >= 11 is 0. The minimum Gasteiger partial charge on any atom is -0.345 e. The maximum Gasteiger partial charge on any atom is 0.322 e. The van der Waals surface area contributed by atoms with Crippen LogP contribution < -0.4 is 5.32 Å². The number of hydrogen-bond donors (Lipinski definition) is 1. The van der Waals surface area contributed by atoms with Crippen molar-refractivity contribution in [3.8, 4) is 0 Å². The molecular formula is C24H28FN3O. The SMILES string of the molecule is CCCCN(Cc1cccn1Cc1cccc(F)c1)C(=O)Nc1ccccc1C. The molecule has 0 fully saturated rings. The molecule has 0 radical (unpaired) electrons. The van der Waals surface area contributed by atoms with E-state index >= 15 is 0 Å². The van der Waals surface area contributed by atoms with E-state index in [1.807, 2.05) is 60.5 Å². The van der Waals surface area contributed by atoms with Gasteiger partial charge in [0, 0.05) is 30.7 Å². The lowest BCUT2D eigenvalue weighted by molar-refractivity contribution is 0.207. The molecule has 2 amide bonds. The van der Waals surface area contributed by atoms with E-state index in [2.05, 4.69) is 16.8 Å². The third kappa shape index (κ3) is 5.70. The van der Waals surface area contributed by atoms with Crippen LogP contribution in [0.5, 0.6) is 0 Å². The second-order valence-corrected chi connectivity index (χ2v) is 7.28. The monoisotopic (exact) mass is 393 g/mol. The molecule has 1 N–H and O–H groups in total. The Morgan fingerprint density at radius 2 is 1.93 bits per heavy atom. The highest BCUT2D eigenvalue weighted by molar-refractivity contribution is 5.90. The van der Waals surface area contributed by atoms with Crippen molar-refractivity contribution in [2.24, 2.45) is 0 Å². The van der Waals surface area contributed by atoms with Gasteiger partial charge in [0.1, 0.15) is 5.82 Å². The molecule has 152 valence electrons. The number of anilines is 1. The zero-order valence-electron chi connectivity index (χ0n) is 17.1. The maximum atomic E-state index is 13.5. The fourth-order valence-electron chi connectivity index (χ4n) is 3.28. The van der Waals surface area contributed by atoms with Gasteiger partial charge in [-0.05, 0) is 54.8 Å². The fraction of sp³-hybridized carbons (Fsp3) is 0.292. The first-order valence-corrected chi connectivity index (χ1v) is 10.1. The number of amides is 2. The molecule has 0 bridgehead atoms. The van der Waals surface area contributed by atoms with Crippen LogP contribution in [0.2, 0.25) is 0 Å². The topological polar surface area (TPSA) is 37.3 Å². The van der Waals surface area contributed by atoms with E-state index in [9.17, 15) is 9.18 Å². The number of carbonyl (C=O) groups is 1. The summed E-state index contributed by atoms with van der Waals surface area (Å²) in [5, 5.41) is 3.04. The van der Waals surface area contributed by atoms with E-state index in [-0.39, 0.29) is 11.8 Å². The zero-order chi connectivity index (χ0) is 20.6. The average Bonchev–Trinajstić information content (AvgIpc) is 3.13. The van der Waals surface area contributed by atoms with Gasteiger partial charge in [0.15, 0.2) is 0 Å². The third-order valence-corrected chi connectivity index (χ3v) is 4.97. The molecule has 0 spiro atoms. The quantitative estimate of drug-likeness (QED) is 0.514. The number of nitrogens with zero attached hydrogens (tertiary/aromatic N) is 2. The van der Waals surface area contributed by atoms with Crippen molar-refractivity contribution < 1.29 is 9.18 Å². The third-order valence-electron chi connectivity index (χ3n) is 4.97. The van der Waals surface area contributed by atoms with Gasteiger partial charge in [-0.3, -0.25) is 0 Å². The van der Waals surface area contributed by atoms with Crippen LogP contribution in [0.3, 0.4) is 0 Å². The molecule has 4 nitrogen and oxygen atoms in total. The number of aryl methyl sites for hydroxylation is 1. The molecule has 0 saturated heterocycles. The number of para-hydroxylation sites is 1. The molecule has 0 aliphatic rings. The summed E-state index contributed by atoms with van der Waals surface area (Å²) in [6.45, 7) is 5.85. The number of halogens is 1. The second kappa shape index (κ2) is 9.92. The van der Waals surface area contributed by atoms with Crippen LogP contribution in [0, 0.1) is 12.7 Å². The lowest BCUT2D eigenvalue weighted by Gasteiger charge is -2.24. The summed E-state index contributed by atoms with van der Waals surface area (Å²) in [6, 6.07) is 18.3. The largest absolute Gasteiger partial charge is 0.345 e. The summed E-state index contributed by atoms with van der Waals surface area (Å²) in [5.41, 5.74) is 3.78. The number of aromatic nitrogens is 1. The van der Waals surface area contributed by atoms with Crippen LogP contribution >= 0.6 is 0 Å². The fourth-order valence-corrected chi connectivity index (χ4v) is 3.28. The summed E-state index contributed by atoms with van der Waals surface area (Å²) < 4.78 is 15.6. The minimum absolute atomic E-state index is 0.105. The van der Waals surface area contributed by atoms with Crippen LogP contribution in [-0.4, -0.2) is 22.0 Å². The highest BCUT2D eigenvalue weighted by Gasteiger charge is 2.16. The van der Waals surface area contributed by atoms with Gasteiger partial charge < -0.3 is 14.8 Å². The Balaban J connectivity index is 1.74. The van der Waals surface area contributed by atoms with E-state index in [4.69, 9.17) is 0 Å². The first kappa shape index (κ1) is 20.6. The average molecular weight is 394 g/mol. The number of benzene rings is 2. The van der Waals surface area contributed by atoms with Crippen molar-refractivity contribution in [2.75, 3.05) is 11.9 Å². The van der Waals surface area contributed by atoms with Gasteiger partial charge in [-0.25, -0.2) is 9.18 Å². The first-order chi connectivity index (χ1) is 14.1. The predicted molar refractivity (Wildman–Crippen MR) is 115 cm³/mol. The molecule has 5 heteroatoms. The minimum atomic E-state index is -0.238. The maximum absolute atomic E-state index is 13.5.